The van der Waals surface area contributed by atoms with Gasteiger partial charge in [-0.25, -0.2) is 0 Å². The summed E-state index contributed by atoms with van der Waals surface area (Å²) in [4.78, 5) is 25.5. The molecule has 0 aliphatic carbocycles. The number of hydrogen-bond acceptors (Lipinski definition) is 3. The Labute approximate surface area is 138 Å². The maximum Gasteiger partial charge on any atom is 0.223 e. The highest BCUT2D eigenvalue weighted by Gasteiger charge is 2.25. The van der Waals surface area contributed by atoms with Crippen LogP contribution >= 0.6 is 0 Å². The standard InChI is InChI=1S/C18H26N2O3/c1-12-9-16(17(23-4)10-13(12)2)11-19-18(22)15-5-7-20(8-6-15)14(3)21/h9-10,15H,5-8,11H2,1-4H3,(H,19,22). The molecule has 0 radical (unpaired) electrons. The van der Waals surface area contributed by atoms with Crippen molar-refractivity contribution in [2.45, 2.75) is 40.2 Å². The van der Waals surface area contributed by atoms with Gasteiger partial charge in [0.2, 0.25) is 11.8 Å². The molecule has 2 rings (SSSR count). The molecule has 1 heterocycles. The molecule has 2 amide bonds. The number of likely N-dealkylation sites (tertiary alicyclic amines) is 1. The Kier molecular flexibility index (Phi) is 5.64. The molecule has 1 aliphatic rings. The molecule has 0 bridgehead atoms. The van der Waals surface area contributed by atoms with E-state index in [1.54, 1.807) is 18.9 Å². The molecule has 0 saturated carbocycles. The number of carbonyl (C=O) groups is 2. The smallest absolute Gasteiger partial charge is 0.223 e. The molecule has 0 atom stereocenters. The Morgan fingerprint density at radius 2 is 1.83 bits per heavy atom. The molecule has 1 aromatic rings. The van der Waals surface area contributed by atoms with E-state index < -0.39 is 0 Å². The number of rotatable bonds is 4. The number of methoxy groups -OCH3 is 1. The SMILES string of the molecule is COc1cc(C)c(C)cc1CNC(=O)C1CCN(C(C)=O)CC1. The van der Waals surface area contributed by atoms with Gasteiger partial charge in [0.15, 0.2) is 0 Å². The van der Waals surface area contributed by atoms with Gasteiger partial charge >= 0.3 is 0 Å². The van der Waals surface area contributed by atoms with Crippen LogP contribution in [0, 0.1) is 19.8 Å². The fourth-order valence-corrected chi connectivity index (χ4v) is 2.96. The van der Waals surface area contributed by atoms with Crippen LogP contribution in [0.15, 0.2) is 12.1 Å². The van der Waals surface area contributed by atoms with Gasteiger partial charge in [-0.1, -0.05) is 6.07 Å². The molecule has 0 spiro atoms. The van der Waals surface area contributed by atoms with Gasteiger partial charge < -0.3 is 15.0 Å². The van der Waals surface area contributed by atoms with Crippen LogP contribution in [0.4, 0.5) is 0 Å². The predicted octanol–water partition coefficient (Wildman–Crippen LogP) is 2.19. The third-order valence-corrected chi connectivity index (χ3v) is 4.66. The molecule has 126 valence electrons. The van der Waals surface area contributed by atoms with E-state index in [4.69, 9.17) is 4.74 Å². The van der Waals surface area contributed by atoms with Gasteiger partial charge in [0, 0.05) is 38.0 Å². The van der Waals surface area contributed by atoms with Crippen molar-refractivity contribution in [3.8, 4) is 5.75 Å². The minimum atomic E-state index is -0.0110. The Hall–Kier alpha value is -2.04. The van der Waals surface area contributed by atoms with E-state index in [1.807, 2.05) is 13.0 Å². The Balaban J connectivity index is 1.92. The first-order valence-electron chi connectivity index (χ1n) is 8.09. The van der Waals surface area contributed by atoms with Crippen molar-refractivity contribution >= 4 is 11.8 Å². The lowest BCUT2D eigenvalue weighted by Crippen LogP contribution is -2.42. The number of carbonyl (C=O) groups excluding carboxylic acids is 2. The van der Waals surface area contributed by atoms with E-state index in [2.05, 4.69) is 18.3 Å². The Bertz CT molecular complexity index is 590. The third kappa shape index (κ3) is 4.24. The van der Waals surface area contributed by atoms with Gasteiger partial charge in [-0.15, -0.1) is 0 Å². The highest BCUT2D eigenvalue weighted by molar-refractivity contribution is 5.79. The molecule has 1 aliphatic heterocycles. The van der Waals surface area contributed by atoms with Crippen molar-refractivity contribution < 1.29 is 14.3 Å². The summed E-state index contributed by atoms with van der Waals surface area (Å²) in [6.45, 7) is 7.48. The van der Waals surface area contributed by atoms with Gasteiger partial charge in [-0.2, -0.15) is 0 Å². The van der Waals surface area contributed by atoms with Crippen LogP contribution in [0.25, 0.3) is 0 Å². The number of nitrogens with zero attached hydrogens (tertiary/aromatic N) is 1. The van der Waals surface area contributed by atoms with Gasteiger partial charge in [-0.05, 0) is 43.9 Å². The largest absolute Gasteiger partial charge is 0.496 e. The second-order valence-corrected chi connectivity index (χ2v) is 6.25. The summed E-state index contributed by atoms with van der Waals surface area (Å²) in [7, 11) is 1.65. The molecule has 23 heavy (non-hydrogen) atoms. The Morgan fingerprint density at radius 3 is 2.39 bits per heavy atom. The quantitative estimate of drug-likeness (QED) is 0.926. The van der Waals surface area contributed by atoms with Crippen molar-refractivity contribution in [2.75, 3.05) is 20.2 Å². The van der Waals surface area contributed by atoms with E-state index in [0.29, 0.717) is 19.6 Å². The maximum absolute atomic E-state index is 12.3. The van der Waals surface area contributed by atoms with E-state index >= 15 is 0 Å². The summed E-state index contributed by atoms with van der Waals surface area (Å²) < 4.78 is 5.40. The van der Waals surface area contributed by atoms with Crippen LogP contribution in [-0.2, 0) is 16.1 Å². The first-order valence-corrected chi connectivity index (χ1v) is 8.09. The second-order valence-electron chi connectivity index (χ2n) is 6.25. The average Bonchev–Trinajstić information content (AvgIpc) is 2.55. The van der Waals surface area contributed by atoms with Crippen molar-refractivity contribution in [3.05, 3.63) is 28.8 Å². The maximum atomic E-state index is 12.3. The molecule has 1 N–H and O–H groups in total. The first kappa shape index (κ1) is 17.3. The van der Waals surface area contributed by atoms with Crippen LogP contribution in [-0.4, -0.2) is 36.9 Å². The number of piperidine rings is 1. The number of nitrogens with one attached hydrogen (secondary N) is 1. The second kappa shape index (κ2) is 7.49. The summed E-state index contributed by atoms with van der Waals surface area (Å²) in [6.07, 6.45) is 1.46. The fourth-order valence-electron chi connectivity index (χ4n) is 2.96. The highest BCUT2D eigenvalue weighted by Crippen LogP contribution is 2.23. The van der Waals surface area contributed by atoms with Gasteiger partial charge in [0.25, 0.3) is 0 Å². The predicted molar refractivity (Wildman–Crippen MR) is 89.3 cm³/mol. The molecular weight excluding hydrogens is 292 g/mol. The first-order chi connectivity index (χ1) is 10.9. The third-order valence-electron chi connectivity index (χ3n) is 4.66. The molecule has 0 aromatic heterocycles. The Morgan fingerprint density at radius 1 is 1.22 bits per heavy atom. The van der Waals surface area contributed by atoms with E-state index in [0.717, 1.165) is 24.2 Å². The number of benzene rings is 1. The highest BCUT2D eigenvalue weighted by atomic mass is 16.5. The summed E-state index contributed by atoms with van der Waals surface area (Å²) >= 11 is 0. The average molecular weight is 318 g/mol. The number of hydrogen-bond donors (Lipinski definition) is 1. The van der Waals surface area contributed by atoms with E-state index in [9.17, 15) is 9.59 Å². The van der Waals surface area contributed by atoms with Crippen LogP contribution in [0.2, 0.25) is 0 Å². The zero-order valence-electron chi connectivity index (χ0n) is 14.4. The van der Waals surface area contributed by atoms with Gasteiger partial charge in [0.1, 0.15) is 5.75 Å². The zero-order valence-corrected chi connectivity index (χ0v) is 14.4. The number of ether oxygens (including phenoxy) is 1. The zero-order chi connectivity index (χ0) is 17.0. The molecule has 1 aromatic carbocycles. The lowest BCUT2D eigenvalue weighted by molar-refractivity contribution is -0.134. The molecule has 0 unspecified atom stereocenters. The molecule has 1 fully saturated rings. The summed E-state index contributed by atoms with van der Waals surface area (Å²) in [5.74, 6) is 0.945. The van der Waals surface area contributed by atoms with Crippen molar-refractivity contribution in [1.29, 1.82) is 0 Å². The monoisotopic (exact) mass is 318 g/mol. The lowest BCUT2D eigenvalue weighted by atomic mass is 9.95. The van der Waals surface area contributed by atoms with Crippen LogP contribution in [0.1, 0.15) is 36.5 Å². The van der Waals surface area contributed by atoms with E-state index in [-0.39, 0.29) is 17.7 Å². The van der Waals surface area contributed by atoms with Crippen LogP contribution < -0.4 is 10.1 Å². The molecule has 5 heteroatoms. The van der Waals surface area contributed by atoms with Crippen LogP contribution in [0.5, 0.6) is 5.75 Å². The lowest BCUT2D eigenvalue weighted by Gasteiger charge is -2.30. The fraction of sp³-hybridized carbons (Fsp3) is 0.556. The summed E-state index contributed by atoms with van der Waals surface area (Å²) in [5, 5.41) is 3.01. The van der Waals surface area contributed by atoms with E-state index in [1.165, 1.54) is 11.1 Å². The topological polar surface area (TPSA) is 58.6 Å². The molecular formula is C18H26N2O3. The van der Waals surface area contributed by atoms with Crippen molar-refractivity contribution in [1.82, 2.24) is 10.2 Å². The molecule has 1 saturated heterocycles. The summed E-state index contributed by atoms with van der Waals surface area (Å²) in [5.41, 5.74) is 3.35. The van der Waals surface area contributed by atoms with Gasteiger partial charge in [-0.3, -0.25) is 9.59 Å². The van der Waals surface area contributed by atoms with Gasteiger partial charge in [0.05, 0.1) is 7.11 Å². The summed E-state index contributed by atoms with van der Waals surface area (Å²) in [6, 6.07) is 4.06. The van der Waals surface area contributed by atoms with Crippen molar-refractivity contribution in [3.63, 3.8) is 0 Å². The van der Waals surface area contributed by atoms with Crippen molar-refractivity contribution in [2.24, 2.45) is 5.92 Å². The molecule has 5 nitrogen and oxygen atoms in total. The number of amides is 2. The minimum Gasteiger partial charge on any atom is -0.496 e. The van der Waals surface area contributed by atoms with Crippen LogP contribution in [0.3, 0.4) is 0 Å². The number of aryl methyl sites for hydroxylation is 2. The normalized spacial score (nSPS) is 15.4. The minimum absolute atomic E-state index is 0.0110.